The first-order valence-electron chi connectivity index (χ1n) is 9.58. The number of piperidine rings is 1. The van der Waals surface area contributed by atoms with E-state index in [-0.39, 0.29) is 23.4 Å². The molecule has 1 saturated heterocycles. The second-order valence-corrected chi connectivity index (χ2v) is 8.80. The van der Waals surface area contributed by atoms with Crippen LogP contribution in [0.3, 0.4) is 0 Å². The average Bonchev–Trinajstić information content (AvgIpc) is 2.54. The monoisotopic (exact) mass is 345 g/mol. The molecule has 0 spiro atoms. The molecule has 140 valence electrons. The summed E-state index contributed by atoms with van der Waals surface area (Å²) in [6.45, 7) is 12.8. The zero-order valence-electron chi connectivity index (χ0n) is 16.5. The van der Waals surface area contributed by atoms with Gasteiger partial charge in [0.1, 0.15) is 0 Å². The summed E-state index contributed by atoms with van der Waals surface area (Å²) >= 11 is 0. The molecule has 2 rings (SSSR count). The van der Waals surface area contributed by atoms with Crippen LogP contribution in [-0.4, -0.2) is 31.1 Å². The summed E-state index contributed by atoms with van der Waals surface area (Å²) in [5.74, 6) is 0.445. The number of carbonyl (C=O) groups excluding carboxylic acids is 1. The topological polar surface area (TPSA) is 58.4 Å². The van der Waals surface area contributed by atoms with E-state index >= 15 is 0 Å². The summed E-state index contributed by atoms with van der Waals surface area (Å²) in [7, 11) is 0. The summed E-state index contributed by atoms with van der Waals surface area (Å²) in [4.78, 5) is 14.6. The van der Waals surface area contributed by atoms with Crippen LogP contribution in [0.2, 0.25) is 0 Å². The molecule has 1 aromatic rings. The number of nitrogens with two attached hydrogens (primary N) is 1. The molecule has 1 aliphatic heterocycles. The highest BCUT2D eigenvalue weighted by atomic mass is 16.2. The number of benzene rings is 1. The SMILES string of the molecule is CC(C)C[C@H](N)C(=O)NC1CCN(c2ccc(C(C)(C)C)cc2)CC1. The maximum Gasteiger partial charge on any atom is 0.237 e. The zero-order chi connectivity index (χ0) is 18.6. The highest BCUT2D eigenvalue weighted by Crippen LogP contribution is 2.26. The van der Waals surface area contributed by atoms with E-state index in [9.17, 15) is 4.79 Å². The molecule has 0 unspecified atom stereocenters. The van der Waals surface area contributed by atoms with Gasteiger partial charge in [-0.3, -0.25) is 4.79 Å². The van der Waals surface area contributed by atoms with E-state index in [4.69, 9.17) is 5.73 Å². The minimum Gasteiger partial charge on any atom is -0.371 e. The van der Waals surface area contributed by atoms with Crippen LogP contribution in [0, 0.1) is 5.92 Å². The third-order valence-corrected chi connectivity index (χ3v) is 5.00. The van der Waals surface area contributed by atoms with E-state index in [0.717, 1.165) is 32.4 Å². The number of amides is 1. The largest absolute Gasteiger partial charge is 0.371 e. The fourth-order valence-electron chi connectivity index (χ4n) is 3.38. The van der Waals surface area contributed by atoms with E-state index in [1.54, 1.807) is 0 Å². The Morgan fingerprint density at radius 1 is 1.20 bits per heavy atom. The summed E-state index contributed by atoms with van der Waals surface area (Å²) in [6.07, 6.45) is 2.69. The van der Waals surface area contributed by atoms with Gasteiger partial charge in [-0.2, -0.15) is 0 Å². The molecule has 4 nitrogen and oxygen atoms in total. The number of hydrogen-bond donors (Lipinski definition) is 2. The number of carbonyl (C=O) groups is 1. The highest BCUT2D eigenvalue weighted by Gasteiger charge is 2.24. The average molecular weight is 346 g/mol. The molecule has 4 heteroatoms. The Balaban J connectivity index is 1.84. The van der Waals surface area contributed by atoms with Gasteiger partial charge in [0.2, 0.25) is 5.91 Å². The number of anilines is 1. The molecule has 1 amide bonds. The third-order valence-electron chi connectivity index (χ3n) is 5.00. The normalized spacial score (nSPS) is 17.6. The lowest BCUT2D eigenvalue weighted by Crippen LogP contribution is -2.50. The van der Waals surface area contributed by atoms with Gasteiger partial charge in [0.05, 0.1) is 6.04 Å². The lowest BCUT2D eigenvalue weighted by Gasteiger charge is -2.34. The predicted octanol–water partition coefficient (Wildman–Crippen LogP) is 3.44. The summed E-state index contributed by atoms with van der Waals surface area (Å²) in [5.41, 5.74) is 8.80. The number of nitrogens with zero attached hydrogens (tertiary/aromatic N) is 1. The van der Waals surface area contributed by atoms with Gasteiger partial charge in [-0.25, -0.2) is 0 Å². The van der Waals surface area contributed by atoms with Gasteiger partial charge in [0, 0.05) is 24.8 Å². The maximum absolute atomic E-state index is 12.2. The molecule has 1 aliphatic rings. The molecule has 1 aromatic carbocycles. The van der Waals surface area contributed by atoms with Crippen LogP contribution in [0.5, 0.6) is 0 Å². The summed E-state index contributed by atoms with van der Waals surface area (Å²) in [5, 5.41) is 3.13. The van der Waals surface area contributed by atoms with Gasteiger partial charge >= 0.3 is 0 Å². The molecular weight excluding hydrogens is 310 g/mol. The van der Waals surface area contributed by atoms with Crippen molar-refractivity contribution in [3.8, 4) is 0 Å². The van der Waals surface area contributed by atoms with Crippen molar-refractivity contribution in [1.82, 2.24) is 5.32 Å². The lowest BCUT2D eigenvalue weighted by atomic mass is 9.87. The quantitative estimate of drug-likeness (QED) is 0.859. The highest BCUT2D eigenvalue weighted by molar-refractivity contribution is 5.81. The summed E-state index contributed by atoms with van der Waals surface area (Å²) in [6, 6.07) is 8.76. The van der Waals surface area contributed by atoms with Crippen molar-refractivity contribution in [2.75, 3.05) is 18.0 Å². The van der Waals surface area contributed by atoms with Gasteiger partial charge in [-0.1, -0.05) is 46.8 Å². The number of hydrogen-bond acceptors (Lipinski definition) is 3. The second-order valence-electron chi connectivity index (χ2n) is 8.80. The van der Waals surface area contributed by atoms with Gasteiger partial charge in [-0.15, -0.1) is 0 Å². The Hall–Kier alpha value is -1.55. The first-order valence-corrected chi connectivity index (χ1v) is 9.58. The van der Waals surface area contributed by atoms with E-state index in [1.165, 1.54) is 11.3 Å². The smallest absolute Gasteiger partial charge is 0.237 e. The molecule has 0 aliphatic carbocycles. The Morgan fingerprint density at radius 3 is 2.24 bits per heavy atom. The maximum atomic E-state index is 12.2. The summed E-state index contributed by atoms with van der Waals surface area (Å²) < 4.78 is 0. The molecule has 25 heavy (non-hydrogen) atoms. The fourth-order valence-corrected chi connectivity index (χ4v) is 3.38. The molecule has 0 bridgehead atoms. The van der Waals surface area contributed by atoms with Crippen LogP contribution in [0.4, 0.5) is 5.69 Å². The van der Waals surface area contributed by atoms with E-state index in [2.05, 4.69) is 69.1 Å². The van der Waals surface area contributed by atoms with Crippen molar-refractivity contribution in [2.24, 2.45) is 11.7 Å². The standard InChI is InChI=1S/C21H35N3O/c1-15(2)14-19(22)20(25)23-17-10-12-24(13-11-17)18-8-6-16(7-9-18)21(3,4)5/h6-9,15,17,19H,10-14,22H2,1-5H3,(H,23,25)/t19-/m0/s1. The van der Waals surface area contributed by atoms with Crippen LogP contribution in [0.15, 0.2) is 24.3 Å². The van der Waals surface area contributed by atoms with Crippen molar-refractivity contribution < 1.29 is 4.79 Å². The lowest BCUT2D eigenvalue weighted by molar-refractivity contribution is -0.123. The predicted molar refractivity (Wildman–Crippen MR) is 106 cm³/mol. The van der Waals surface area contributed by atoms with Crippen molar-refractivity contribution in [3.63, 3.8) is 0 Å². The van der Waals surface area contributed by atoms with Gasteiger partial charge in [0.25, 0.3) is 0 Å². The van der Waals surface area contributed by atoms with Crippen LogP contribution in [0.25, 0.3) is 0 Å². The van der Waals surface area contributed by atoms with Gasteiger partial charge in [-0.05, 0) is 48.3 Å². The molecule has 3 N–H and O–H groups in total. The zero-order valence-corrected chi connectivity index (χ0v) is 16.5. The van der Waals surface area contributed by atoms with E-state index in [0.29, 0.717) is 5.92 Å². The fraction of sp³-hybridized carbons (Fsp3) is 0.667. The van der Waals surface area contributed by atoms with Crippen molar-refractivity contribution in [1.29, 1.82) is 0 Å². The Kier molecular flexibility index (Phi) is 6.50. The van der Waals surface area contributed by atoms with Crippen LogP contribution < -0.4 is 16.0 Å². The van der Waals surface area contributed by atoms with Crippen LogP contribution in [0.1, 0.15) is 59.4 Å². The first-order chi connectivity index (χ1) is 11.7. The van der Waals surface area contributed by atoms with E-state index in [1.807, 2.05) is 0 Å². The Morgan fingerprint density at radius 2 is 1.76 bits per heavy atom. The molecule has 1 heterocycles. The van der Waals surface area contributed by atoms with Crippen LogP contribution >= 0.6 is 0 Å². The molecular formula is C21H35N3O. The number of nitrogens with one attached hydrogen (secondary N) is 1. The van der Waals surface area contributed by atoms with E-state index < -0.39 is 0 Å². The molecule has 1 atom stereocenters. The minimum absolute atomic E-state index is 0.00156. The van der Waals surface area contributed by atoms with Crippen molar-refractivity contribution in [3.05, 3.63) is 29.8 Å². The Bertz CT molecular complexity index is 551. The minimum atomic E-state index is -0.386. The number of rotatable bonds is 5. The molecule has 0 aromatic heterocycles. The van der Waals surface area contributed by atoms with Crippen molar-refractivity contribution >= 4 is 11.6 Å². The third kappa shape index (κ3) is 5.74. The van der Waals surface area contributed by atoms with Crippen molar-refractivity contribution in [2.45, 2.75) is 71.4 Å². The first kappa shape index (κ1) is 19.8. The van der Waals surface area contributed by atoms with Crippen LogP contribution in [-0.2, 0) is 10.2 Å². The van der Waals surface area contributed by atoms with Gasteiger partial charge < -0.3 is 16.0 Å². The second kappa shape index (κ2) is 8.22. The molecule has 1 fully saturated rings. The van der Waals surface area contributed by atoms with Gasteiger partial charge in [0.15, 0.2) is 0 Å². The Labute approximate surface area is 153 Å². The molecule has 0 saturated carbocycles. The molecule has 0 radical (unpaired) electrons.